The van der Waals surface area contributed by atoms with Gasteiger partial charge in [-0.25, -0.2) is 4.98 Å². The number of anilines is 2. The Morgan fingerprint density at radius 2 is 2.00 bits per heavy atom. The molecule has 0 saturated heterocycles. The Kier molecular flexibility index (Phi) is 2.66. The average Bonchev–Trinajstić information content (AvgIpc) is 2.89. The number of hydrogen-bond donors (Lipinski definition) is 2. The second-order valence-electron chi connectivity index (χ2n) is 5.75. The van der Waals surface area contributed by atoms with Crippen LogP contribution in [-0.2, 0) is 10.2 Å². The molecule has 3 N–H and O–H groups in total. The van der Waals surface area contributed by atoms with Crippen molar-refractivity contribution in [1.82, 2.24) is 4.98 Å². The van der Waals surface area contributed by atoms with Gasteiger partial charge in [0.15, 0.2) is 5.13 Å². The number of nitrogens with one attached hydrogen (secondary N) is 1. The first-order valence-electron chi connectivity index (χ1n) is 6.50. The third-order valence-electron chi connectivity index (χ3n) is 4.18. The summed E-state index contributed by atoms with van der Waals surface area (Å²) in [6, 6.07) is 2.07. The van der Waals surface area contributed by atoms with Gasteiger partial charge in [-0.3, -0.25) is 4.79 Å². The highest BCUT2D eigenvalue weighted by Gasteiger charge is 2.40. The minimum absolute atomic E-state index is 0.0462. The van der Waals surface area contributed by atoms with Gasteiger partial charge >= 0.3 is 0 Å². The summed E-state index contributed by atoms with van der Waals surface area (Å²) < 4.78 is 0. The summed E-state index contributed by atoms with van der Waals surface area (Å²) in [6.07, 6.45) is 0. The molecule has 2 aromatic rings. The summed E-state index contributed by atoms with van der Waals surface area (Å²) in [5.41, 5.74) is 11.4. The van der Waals surface area contributed by atoms with Gasteiger partial charge in [-0.15, -0.1) is 11.3 Å². The molecular weight excluding hydrogens is 270 g/mol. The zero-order valence-electron chi connectivity index (χ0n) is 12.0. The van der Waals surface area contributed by atoms with E-state index in [0.29, 0.717) is 5.13 Å². The Labute approximate surface area is 122 Å². The molecule has 1 aliphatic rings. The van der Waals surface area contributed by atoms with Crippen molar-refractivity contribution < 1.29 is 4.79 Å². The van der Waals surface area contributed by atoms with Gasteiger partial charge in [-0.05, 0) is 50.5 Å². The fourth-order valence-electron chi connectivity index (χ4n) is 2.64. The minimum atomic E-state index is -0.510. The van der Waals surface area contributed by atoms with Gasteiger partial charge in [-0.1, -0.05) is 0 Å². The molecule has 0 fully saturated rings. The lowest BCUT2D eigenvalue weighted by atomic mass is 9.83. The maximum Gasteiger partial charge on any atom is 0.234 e. The first kappa shape index (κ1) is 13.1. The van der Waals surface area contributed by atoms with Crippen molar-refractivity contribution in [3.05, 3.63) is 28.1 Å². The van der Waals surface area contributed by atoms with E-state index in [-0.39, 0.29) is 5.91 Å². The number of nitrogens with zero attached hydrogens (tertiary/aromatic N) is 1. The molecule has 0 bridgehead atoms. The molecule has 104 valence electrons. The number of aromatic nitrogens is 1. The van der Waals surface area contributed by atoms with E-state index in [4.69, 9.17) is 5.73 Å². The molecule has 1 aromatic carbocycles. The average molecular weight is 287 g/mol. The molecule has 0 spiro atoms. The van der Waals surface area contributed by atoms with E-state index >= 15 is 0 Å². The summed E-state index contributed by atoms with van der Waals surface area (Å²) in [7, 11) is 0. The molecule has 0 atom stereocenters. The maximum atomic E-state index is 12.1. The number of nitrogens with two attached hydrogens (primary N) is 1. The van der Waals surface area contributed by atoms with Gasteiger partial charge in [0, 0.05) is 16.6 Å². The molecule has 20 heavy (non-hydrogen) atoms. The van der Waals surface area contributed by atoms with E-state index in [2.05, 4.69) is 23.3 Å². The van der Waals surface area contributed by atoms with Crippen molar-refractivity contribution in [3.8, 4) is 11.3 Å². The highest BCUT2D eigenvalue weighted by Crippen LogP contribution is 2.43. The summed E-state index contributed by atoms with van der Waals surface area (Å²) in [6.45, 7) is 7.98. The highest BCUT2D eigenvalue weighted by atomic mass is 32.1. The van der Waals surface area contributed by atoms with Crippen molar-refractivity contribution in [2.24, 2.45) is 0 Å². The lowest BCUT2D eigenvalue weighted by Gasteiger charge is -2.18. The van der Waals surface area contributed by atoms with Gasteiger partial charge in [0.05, 0.1) is 11.1 Å². The predicted octanol–water partition coefficient (Wildman–Crippen LogP) is 3.24. The van der Waals surface area contributed by atoms with Crippen LogP contribution in [0.2, 0.25) is 0 Å². The van der Waals surface area contributed by atoms with Crippen LogP contribution in [0.15, 0.2) is 11.4 Å². The van der Waals surface area contributed by atoms with Crippen LogP contribution < -0.4 is 11.1 Å². The fraction of sp³-hybridized carbons (Fsp3) is 0.333. The monoisotopic (exact) mass is 287 g/mol. The highest BCUT2D eigenvalue weighted by molar-refractivity contribution is 7.13. The molecule has 2 heterocycles. The number of carbonyl (C=O) groups excluding carboxylic acids is 1. The lowest BCUT2D eigenvalue weighted by molar-refractivity contribution is -0.119. The Balaban J connectivity index is 2.28. The second kappa shape index (κ2) is 4.06. The van der Waals surface area contributed by atoms with Crippen LogP contribution in [-0.4, -0.2) is 10.9 Å². The summed E-state index contributed by atoms with van der Waals surface area (Å²) in [5.74, 6) is 0.0462. The van der Waals surface area contributed by atoms with E-state index in [1.807, 2.05) is 26.2 Å². The minimum Gasteiger partial charge on any atom is -0.375 e. The van der Waals surface area contributed by atoms with Crippen molar-refractivity contribution in [2.45, 2.75) is 33.1 Å². The molecule has 0 saturated carbocycles. The van der Waals surface area contributed by atoms with Crippen LogP contribution in [0.25, 0.3) is 11.3 Å². The molecule has 1 aromatic heterocycles. The Hall–Kier alpha value is -1.88. The second-order valence-corrected chi connectivity index (χ2v) is 6.64. The van der Waals surface area contributed by atoms with Crippen LogP contribution >= 0.6 is 11.3 Å². The van der Waals surface area contributed by atoms with E-state index in [9.17, 15) is 4.79 Å². The number of thiazole rings is 1. The molecule has 5 heteroatoms. The zero-order valence-corrected chi connectivity index (χ0v) is 12.8. The number of nitrogen functional groups attached to an aromatic ring is 1. The number of carbonyl (C=O) groups is 1. The Bertz CT molecular complexity index is 731. The van der Waals surface area contributed by atoms with Crippen LogP contribution in [0.4, 0.5) is 10.8 Å². The van der Waals surface area contributed by atoms with Crippen LogP contribution in [0.1, 0.15) is 30.5 Å². The fourth-order valence-corrected chi connectivity index (χ4v) is 3.20. The third kappa shape index (κ3) is 1.66. The van der Waals surface area contributed by atoms with Gasteiger partial charge < -0.3 is 11.1 Å². The summed E-state index contributed by atoms with van der Waals surface area (Å²) in [4.78, 5) is 16.5. The normalized spacial score (nSPS) is 16.1. The topological polar surface area (TPSA) is 68.0 Å². The molecule has 1 aliphatic heterocycles. The molecule has 0 aliphatic carbocycles. The zero-order chi connectivity index (χ0) is 14.7. The molecule has 3 rings (SSSR count). The molecule has 0 unspecified atom stereocenters. The van der Waals surface area contributed by atoms with Crippen LogP contribution in [0.5, 0.6) is 0 Å². The molecular formula is C15H17N3OS. The van der Waals surface area contributed by atoms with Crippen molar-refractivity contribution in [3.63, 3.8) is 0 Å². The SMILES string of the molecule is Cc1c(-c2csc(N)n2)cc2c(c1C)NC(=O)C2(C)C. The largest absolute Gasteiger partial charge is 0.375 e. The van der Waals surface area contributed by atoms with Crippen molar-refractivity contribution in [1.29, 1.82) is 0 Å². The van der Waals surface area contributed by atoms with Gasteiger partial charge in [-0.2, -0.15) is 0 Å². The van der Waals surface area contributed by atoms with Crippen molar-refractivity contribution in [2.75, 3.05) is 11.1 Å². The third-order valence-corrected chi connectivity index (χ3v) is 4.85. The number of amides is 1. The van der Waals surface area contributed by atoms with E-state index < -0.39 is 5.41 Å². The van der Waals surface area contributed by atoms with E-state index in [1.165, 1.54) is 11.3 Å². The Morgan fingerprint density at radius 3 is 2.60 bits per heavy atom. The number of hydrogen-bond acceptors (Lipinski definition) is 4. The quantitative estimate of drug-likeness (QED) is 0.846. The number of benzene rings is 1. The summed E-state index contributed by atoms with van der Waals surface area (Å²) in [5, 5.41) is 5.52. The summed E-state index contributed by atoms with van der Waals surface area (Å²) >= 11 is 1.43. The first-order chi connectivity index (χ1) is 9.32. The van der Waals surface area contributed by atoms with Crippen LogP contribution in [0, 0.1) is 13.8 Å². The number of rotatable bonds is 1. The van der Waals surface area contributed by atoms with Gasteiger partial charge in [0.2, 0.25) is 5.91 Å². The smallest absolute Gasteiger partial charge is 0.234 e. The number of fused-ring (bicyclic) bond motifs is 1. The van der Waals surface area contributed by atoms with Gasteiger partial charge in [0.25, 0.3) is 0 Å². The van der Waals surface area contributed by atoms with E-state index in [0.717, 1.165) is 33.6 Å². The van der Waals surface area contributed by atoms with Gasteiger partial charge in [0.1, 0.15) is 0 Å². The molecule has 4 nitrogen and oxygen atoms in total. The van der Waals surface area contributed by atoms with Crippen LogP contribution in [0.3, 0.4) is 0 Å². The predicted molar refractivity (Wildman–Crippen MR) is 83.1 cm³/mol. The standard InChI is InChI=1S/C15H17N3OS/c1-7-8(2)12-10(15(3,4)13(19)18-12)5-9(7)11-6-20-14(16)17-11/h5-6H,1-4H3,(H2,16,17)(H,18,19). The lowest BCUT2D eigenvalue weighted by Crippen LogP contribution is -2.26. The van der Waals surface area contributed by atoms with E-state index in [1.54, 1.807) is 0 Å². The molecule has 1 amide bonds. The first-order valence-corrected chi connectivity index (χ1v) is 7.38. The maximum absolute atomic E-state index is 12.1. The molecule has 0 radical (unpaired) electrons. The Morgan fingerprint density at radius 1 is 1.30 bits per heavy atom. The van der Waals surface area contributed by atoms with Crippen molar-refractivity contribution >= 4 is 28.1 Å².